The second-order valence-corrected chi connectivity index (χ2v) is 7.09. The molecule has 0 N–H and O–H groups in total. The number of hydrogen-bond donors (Lipinski definition) is 0. The second kappa shape index (κ2) is 5.77. The van der Waals surface area contributed by atoms with Gasteiger partial charge in [0.05, 0.1) is 11.6 Å². The van der Waals surface area contributed by atoms with Gasteiger partial charge in [-0.1, -0.05) is 19.9 Å². The number of rotatable bonds is 2. The van der Waals surface area contributed by atoms with Crippen LogP contribution in [0.15, 0.2) is 18.2 Å². The number of aryl methyl sites for hydroxylation is 1. The van der Waals surface area contributed by atoms with Crippen molar-refractivity contribution >= 4 is 11.8 Å². The van der Waals surface area contributed by atoms with Crippen molar-refractivity contribution in [1.29, 1.82) is 5.26 Å². The quantitative estimate of drug-likeness (QED) is 0.817. The maximum atomic E-state index is 8.88. The van der Waals surface area contributed by atoms with Gasteiger partial charge in [-0.3, -0.25) is 4.90 Å². The Morgan fingerprint density at radius 2 is 2.00 bits per heavy atom. The van der Waals surface area contributed by atoms with Crippen LogP contribution in [0.25, 0.3) is 0 Å². The Bertz CT molecular complexity index is 454. The molecule has 0 saturated carbocycles. The van der Waals surface area contributed by atoms with Crippen LogP contribution in [-0.2, 0) is 6.54 Å². The predicted molar refractivity (Wildman–Crippen MR) is 77.7 cm³/mol. The molecule has 0 radical (unpaired) electrons. The van der Waals surface area contributed by atoms with Crippen LogP contribution in [0.2, 0.25) is 0 Å². The van der Waals surface area contributed by atoms with E-state index in [4.69, 9.17) is 5.26 Å². The molecule has 0 aromatic heterocycles. The maximum Gasteiger partial charge on any atom is 0.0991 e. The molecule has 1 aromatic carbocycles. The van der Waals surface area contributed by atoms with E-state index >= 15 is 0 Å². The van der Waals surface area contributed by atoms with Crippen LogP contribution in [0.4, 0.5) is 0 Å². The van der Waals surface area contributed by atoms with Crippen molar-refractivity contribution in [3.63, 3.8) is 0 Å². The number of nitrogens with zero attached hydrogens (tertiary/aromatic N) is 2. The summed E-state index contributed by atoms with van der Waals surface area (Å²) in [6, 6.07) is 8.21. The van der Waals surface area contributed by atoms with Gasteiger partial charge in [0.1, 0.15) is 0 Å². The molecule has 1 aliphatic heterocycles. The van der Waals surface area contributed by atoms with Gasteiger partial charge in [-0.05, 0) is 30.2 Å². The molecule has 0 bridgehead atoms. The summed E-state index contributed by atoms with van der Waals surface area (Å²) in [6.07, 6.45) is 0. The Kier molecular flexibility index (Phi) is 4.31. The van der Waals surface area contributed by atoms with Gasteiger partial charge in [-0.25, -0.2) is 0 Å². The van der Waals surface area contributed by atoms with Crippen molar-refractivity contribution in [2.75, 3.05) is 13.1 Å². The lowest BCUT2D eigenvalue weighted by molar-refractivity contribution is 0.262. The molecule has 1 heterocycles. The van der Waals surface area contributed by atoms with E-state index in [1.165, 1.54) is 11.1 Å². The SMILES string of the molecule is Cc1cc(C#N)ccc1CN1CC(C)SC(C)C1. The van der Waals surface area contributed by atoms with Gasteiger partial charge in [0.25, 0.3) is 0 Å². The van der Waals surface area contributed by atoms with Gasteiger partial charge in [0.15, 0.2) is 0 Å². The first-order chi connectivity index (χ1) is 8.58. The van der Waals surface area contributed by atoms with Gasteiger partial charge >= 0.3 is 0 Å². The number of hydrogen-bond acceptors (Lipinski definition) is 3. The van der Waals surface area contributed by atoms with Crippen molar-refractivity contribution < 1.29 is 0 Å². The predicted octanol–water partition coefficient (Wildman–Crippen LogP) is 3.19. The summed E-state index contributed by atoms with van der Waals surface area (Å²) in [5, 5.41) is 10.3. The summed E-state index contributed by atoms with van der Waals surface area (Å²) >= 11 is 2.08. The number of thioether (sulfide) groups is 1. The average molecular weight is 260 g/mol. The van der Waals surface area contributed by atoms with E-state index in [0.29, 0.717) is 10.5 Å². The van der Waals surface area contributed by atoms with Crippen LogP contribution in [0.3, 0.4) is 0 Å². The van der Waals surface area contributed by atoms with Crippen LogP contribution >= 0.6 is 11.8 Å². The second-order valence-electron chi connectivity index (χ2n) is 5.20. The Balaban J connectivity index is 2.07. The number of nitriles is 1. The topological polar surface area (TPSA) is 27.0 Å². The molecule has 2 nitrogen and oxygen atoms in total. The summed E-state index contributed by atoms with van der Waals surface area (Å²) in [5.74, 6) is 0. The van der Waals surface area contributed by atoms with E-state index in [-0.39, 0.29) is 0 Å². The van der Waals surface area contributed by atoms with Gasteiger partial charge in [-0.2, -0.15) is 17.0 Å². The highest BCUT2D eigenvalue weighted by molar-refractivity contribution is 8.00. The lowest BCUT2D eigenvalue weighted by atomic mass is 10.0. The molecule has 2 atom stereocenters. The summed E-state index contributed by atoms with van der Waals surface area (Å²) in [5.41, 5.74) is 3.33. The molecule has 1 fully saturated rings. The lowest BCUT2D eigenvalue weighted by Gasteiger charge is -2.34. The molecule has 3 heteroatoms. The summed E-state index contributed by atoms with van der Waals surface area (Å²) < 4.78 is 0. The van der Waals surface area contributed by atoms with Crippen molar-refractivity contribution in [2.24, 2.45) is 0 Å². The maximum absolute atomic E-state index is 8.88. The highest BCUT2D eigenvalue weighted by atomic mass is 32.2. The Morgan fingerprint density at radius 1 is 1.33 bits per heavy atom. The molecular formula is C15H20N2S. The van der Waals surface area contributed by atoms with E-state index in [0.717, 1.165) is 25.2 Å². The molecule has 1 saturated heterocycles. The van der Waals surface area contributed by atoms with Gasteiger partial charge < -0.3 is 0 Å². The third-order valence-corrected chi connectivity index (χ3v) is 4.59. The van der Waals surface area contributed by atoms with Gasteiger partial charge in [-0.15, -0.1) is 0 Å². The largest absolute Gasteiger partial charge is 0.297 e. The first-order valence-corrected chi connectivity index (χ1v) is 7.40. The van der Waals surface area contributed by atoms with Crippen LogP contribution in [0, 0.1) is 18.3 Å². The Labute approximate surface area is 114 Å². The zero-order valence-corrected chi connectivity index (χ0v) is 12.1. The van der Waals surface area contributed by atoms with E-state index in [2.05, 4.69) is 49.6 Å². The number of benzene rings is 1. The highest BCUT2D eigenvalue weighted by Gasteiger charge is 2.22. The van der Waals surface area contributed by atoms with Crippen molar-refractivity contribution in [1.82, 2.24) is 4.90 Å². The van der Waals surface area contributed by atoms with Gasteiger partial charge in [0.2, 0.25) is 0 Å². The van der Waals surface area contributed by atoms with E-state index in [1.54, 1.807) is 0 Å². The smallest absolute Gasteiger partial charge is 0.0991 e. The van der Waals surface area contributed by atoms with Crippen molar-refractivity contribution in [3.8, 4) is 6.07 Å². The summed E-state index contributed by atoms with van der Waals surface area (Å²) in [6.45, 7) is 10.0. The fourth-order valence-electron chi connectivity index (χ4n) is 2.60. The fourth-order valence-corrected chi connectivity index (χ4v) is 3.98. The standard InChI is InChI=1S/C15H20N2S/c1-11-6-14(7-16)4-5-15(11)10-17-8-12(2)18-13(3)9-17/h4-6,12-13H,8-10H2,1-3H3. The van der Waals surface area contributed by atoms with Crippen molar-refractivity contribution in [2.45, 2.75) is 37.8 Å². The lowest BCUT2D eigenvalue weighted by Crippen LogP contribution is -2.39. The molecule has 0 spiro atoms. The third kappa shape index (κ3) is 3.28. The van der Waals surface area contributed by atoms with Crippen LogP contribution < -0.4 is 0 Å². The average Bonchev–Trinajstić information content (AvgIpc) is 2.30. The van der Waals surface area contributed by atoms with Gasteiger partial charge in [0, 0.05) is 30.1 Å². The van der Waals surface area contributed by atoms with Crippen LogP contribution in [0.5, 0.6) is 0 Å². The molecule has 2 rings (SSSR count). The summed E-state index contributed by atoms with van der Waals surface area (Å²) in [7, 11) is 0. The minimum absolute atomic E-state index is 0.715. The minimum atomic E-state index is 0.715. The Hall–Kier alpha value is -0.980. The van der Waals surface area contributed by atoms with Crippen molar-refractivity contribution in [3.05, 3.63) is 34.9 Å². The van der Waals surface area contributed by atoms with E-state index < -0.39 is 0 Å². The normalized spacial score (nSPS) is 24.8. The molecule has 18 heavy (non-hydrogen) atoms. The minimum Gasteiger partial charge on any atom is -0.297 e. The van der Waals surface area contributed by atoms with Crippen LogP contribution in [-0.4, -0.2) is 28.5 Å². The fraction of sp³-hybridized carbons (Fsp3) is 0.533. The molecular weight excluding hydrogens is 240 g/mol. The third-order valence-electron chi connectivity index (χ3n) is 3.36. The molecule has 2 unspecified atom stereocenters. The molecule has 1 aromatic rings. The molecule has 0 aliphatic carbocycles. The molecule has 1 aliphatic rings. The van der Waals surface area contributed by atoms with E-state index in [1.807, 2.05) is 12.1 Å². The molecule has 96 valence electrons. The monoisotopic (exact) mass is 260 g/mol. The van der Waals surface area contributed by atoms with E-state index in [9.17, 15) is 0 Å². The molecule has 0 amide bonds. The summed E-state index contributed by atoms with van der Waals surface area (Å²) in [4.78, 5) is 2.53. The first-order valence-electron chi connectivity index (χ1n) is 6.46. The van der Waals surface area contributed by atoms with Crippen LogP contribution in [0.1, 0.15) is 30.5 Å². The Morgan fingerprint density at radius 3 is 2.56 bits per heavy atom. The first kappa shape index (κ1) is 13.5. The zero-order chi connectivity index (χ0) is 13.1. The highest BCUT2D eigenvalue weighted by Crippen LogP contribution is 2.26. The zero-order valence-electron chi connectivity index (χ0n) is 11.3.